The third-order valence-electron chi connectivity index (χ3n) is 3.01. The molecule has 0 aliphatic rings. The highest BCUT2D eigenvalue weighted by Gasteiger charge is 2.25. The fourth-order valence-corrected chi connectivity index (χ4v) is 2.26. The molecule has 104 valence electrons. The van der Waals surface area contributed by atoms with Gasteiger partial charge in [-0.25, -0.2) is 13.1 Å². The Morgan fingerprint density at radius 1 is 1.39 bits per heavy atom. The summed E-state index contributed by atoms with van der Waals surface area (Å²) in [5, 5.41) is -0.0995. The summed E-state index contributed by atoms with van der Waals surface area (Å²) in [4.78, 5) is 1.95. The van der Waals surface area contributed by atoms with Gasteiger partial charge in [0.2, 0.25) is 5.09 Å². The van der Waals surface area contributed by atoms with Gasteiger partial charge in [-0.15, -0.1) is 0 Å². The van der Waals surface area contributed by atoms with Crippen molar-refractivity contribution in [1.82, 2.24) is 9.62 Å². The van der Waals surface area contributed by atoms with Gasteiger partial charge in [-0.2, -0.15) is 0 Å². The molecule has 0 atom stereocenters. The number of hydrogen-bond donors (Lipinski definition) is 2. The molecule has 6 nitrogen and oxygen atoms in total. The van der Waals surface area contributed by atoms with Crippen molar-refractivity contribution in [3.05, 3.63) is 17.9 Å². The summed E-state index contributed by atoms with van der Waals surface area (Å²) in [6, 6.07) is 2.97. The predicted octanol–water partition coefficient (Wildman–Crippen LogP) is 0.357. The first-order chi connectivity index (χ1) is 8.19. The quantitative estimate of drug-likeness (QED) is 0.782. The first kappa shape index (κ1) is 15.2. The van der Waals surface area contributed by atoms with Crippen molar-refractivity contribution in [3.63, 3.8) is 0 Å². The molecule has 0 saturated heterocycles. The molecule has 18 heavy (non-hydrogen) atoms. The van der Waals surface area contributed by atoms with Crippen LogP contribution in [0.1, 0.15) is 19.6 Å². The van der Waals surface area contributed by atoms with Crippen LogP contribution >= 0.6 is 0 Å². The second-order valence-electron chi connectivity index (χ2n) is 4.96. The molecule has 0 spiro atoms. The van der Waals surface area contributed by atoms with Gasteiger partial charge < -0.3 is 15.1 Å². The van der Waals surface area contributed by atoms with Crippen molar-refractivity contribution in [2.75, 3.05) is 20.6 Å². The summed E-state index contributed by atoms with van der Waals surface area (Å²) in [6.45, 7) is 4.37. The smallest absolute Gasteiger partial charge is 0.274 e. The Kier molecular flexibility index (Phi) is 4.55. The van der Waals surface area contributed by atoms with Gasteiger partial charge in [-0.05, 0) is 40.1 Å². The van der Waals surface area contributed by atoms with E-state index >= 15 is 0 Å². The molecule has 0 aliphatic heterocycles. The van der Waals surface area contributed by atoms with Crippen LogP contribution in [-0.2, 0) is 16.6 Å². The number of nitrogens with zero attached hydrogens (tertiary/aromatic N) is 1. The van der Waals surface area contributed by atoms with Crippen LogP contribution in [0.4, 0.5) is 0 Å². The molecule has 0 aromatic carbocycles. The normalized spacial score (nSPS) is 13.2. The van der Waals surface area contributed by atoms with Gasteiger partial charge in [-0.3, -0.25) is 0 Å². The molecule has 3 N–H and O–H groups in total. The lowest BCUT2D eigenvalue weighted by Gasteiger charge is -2.32. The lowest BCUT2D eigenvalue weighted by molar-refractivity contribution is 0.198. The van der Waals surface area contributed by atoms with Crippen molar-refractivity contribution in [3.8, 4) is 0 Å². The molecule has 0 saturated carbocycles. The van der Waals surface area contributed by atoms with Crippen molar-refractivity contribution in [1.29, 1.82) is 0 Å². The van der Waals surface area contributed by atoms with Crippen LogP contribution in [0.2, 0.25) is 0 Å². The number of nitrogens with two attached hydrogens (primary N) is 1. The second kappa shape index (κ2) is 5.40. The largest absolute Gasteiger partial charge is 0.447 e. The van der Waals surface area contributed by atoms with Crippen LogP contribution in [-0.4, -0.2) is 39.5 Å². The lowest BCUT2D eigenvalue weighted by Crippen LogP contribution is -2.48. The van der Waals surface area contributed by atoms with E-state index in [1.807, 2.05) is 32.8 Å². The maximum absolute atomic E-state index is 12.0. The van der Waals surface area contributed by atoms with Gasteiger partial charge in [0, 0.05) is 12.1 Å². The van der Waals surface area contributed by atoms with Crippen LogP contribution in [0.5, 0.6) is 0 Å². The van der Waals surface area contributed by atoms with Crippen LogP contribution in [0, 0.1) is 0 Å². The van der Waals surface area contributed by atoms with Gasteiger partial charge in [0.25, 0.3) is 10.0 Å². The number of sulfonamides is 1. The summed E-state index contributed by atoms with van der Waals surface area (Å²) >= 11 is 0. The van der Waals surface area contributed by atoms with Crippen molar-refractivity contribution in [2.45, 2.75) is 31.0 Å². The number of hydrogen-bond acceptors (Lipinski definition) is 5. The molecular weight excluding hydrogens is 254 g/mol. The zero-order valence-electron chi connectivity index (χ0n) is 11.2. The molecule has 0 unspecified atom stereocenters. The van der Waals surface area contributed by atoms with E-state index in [0.717, 1.165) is 0 Å². The highest BCUT2D eigenvalue weighted by atomic mass is 32.2. The molecule has 7 heteroatoms. The minimum Gasteiger partial charge on any atom is -0.447 e. The Morgan fingerprint density at radius 2 is 2.00 bits per heavy atom. The summed E-state index contributed by atoms with van der Waals surface area (Å²) in [7, 11) is 0.178. The predicted molar refractivity (Wildman–Crippen MR) is 69.6 cm³/mol. The average Bonchev–Trinajstić information content (AvgIpc) is 2.75. The third kappa shape index (κ3) is 3.55. The van der Waals surface area contributed by atoms with E-state index in [1.54, 1.807) is 6.07 Å². The third-order valence-corrected chi connectivity index (χ3v) is 4.28. The molecule has 0 fully saturated rings. The molecule has 0 radical (unpaired) electrons. The van der Waals surface area contributed by atoms with Crippen LogP contribution in [0.25, 0.3) is 0 Å². The minimum atomic E-state index is -3.62. The highest BCUT2D eigenvalue weighted by molar-refractivity contribution is 7.89. The van der Waals surface area contributed by atoms with Crippen molar-refractivity contribution in [2.24, 2.45) is 5.73 Å². The first-order valence-corrected chi connectivity index (χ1v) is 7.13. The van der Waals surface area contributed by atoms with E-state index in [0.29, 0.717) is 12.3 Å². The fourth-order valence-electron chi connectivity index (χ4n) is 1.11. The van der Waals surface area contributed by atoms with Gasteiger partial charge in [-0.1, -0.05) is 0 Å². The van der Waals surface area contributed by atoms with E-state index < -0.39 is 10.0 Å². The SMILES string of the molecule is CN(C)C(C)(C)CNS(=O)(=O)c1ccc(CN)o1. The molecule has 1 heterocycles. The monoisotopic (exact) mass is 275 g/mol. The van der Waals surface area contributed by atoms with Crippen molar-refractivity contribution < 1.29 is 12.8 Å². The molecule has 1 rings (SSSR count). The molecule has 0 amide bonds. The maximum Gasteiger partial charge on any atom is 0.274 e. The van der Waals surface area contributed by atoms with Crippen molar-refractivity contribution >= 4 is 10.0 Å². The average molecular weight is 275 g/mol. The Balaban J connectivity index is 2.77. The van der Waals surface area contributed by atoms with Crippen LogP contribution in [0.15, 0.2) is 21.6 Å². The summed E-state index contributed by atoms with van der Waals surface area (Å²) in [5.74, 6) is 0.447. The Labute approximate surface area is 108 Å². The van der Waals surface area contributed by atoms with E-state index in [4.69, 9.17) is 10.2 Å². The first-order valence-electron chi connectivity index (χ1n) is 5.65. The van der Waals surface area contributed by atoms with E-state index in [1.165, 1.54) is 6.07 Å². The molecule has 1 aromatic rings. The Hall–Kier alpha value is -0.890. The second-order valence-corrected chi connectivity index (χ2v) is 6.65. The highest BCUT2D eigenvalue weighted by Crippen LogP contribution is 2.15. The van der Waals surface area contributed by atoms with Crippen LogP contribution in [0.3, 0.4) is 0 Å². The van der Waals surface area contributed by atoms with E-state index in [2.05, 4.69) is 4.72 Å². The molecular formula is C11H21N3O3S. The summed E-state index contributed by atoms with van der Waals surface area (Å²) in [5.41, 5.74) is 5.09. The molecule has 0 bridgehead atoms. The number of furan rings is 1. The number of nitrogens with one attached hydrogen (secondary N) is 1. The molecule has 1 aromatic heterocycles. The number of likely N-dealkylation sites (N-methyl/N-ethyl adjacent to an activating group) is 1. The summed E-state index contributed by atoms with van der Waals surface area (Å²) < 4.78 is 31.6. The summed E-state index contributed by atoms with van der Waals surface area (Å²) in [6.07, 6.45) is 0. The topological polar surface area (TPSA) is 88.6 Å². The zero-order chi connectivity index (χ0) is 14.0. The van der Waals surface area contributed by atoms with Gasteiger partial charge in [0.15, 0.2) is 0 Å². The lowest BCUT2D eigenvalue weighted by atomic mass is 10.1. The molecule has 0 aliphatic carbocycles. The zero-order valence-corrected chi connectivity index (χ0v) is 12.0. The van der Waals surface area contributed by atoms with Gasteiger partial charge in [0.05, 0.1) is 6.54 Å². The van der Waals surface area contributed by atoms with Gasteiger partial charge >= 0.3 is 0 Å². The minimum absolute atomic E-state index is 0.0995. The Morgan fingerprint density at radius 3 is 2.44 bits per heavy atom. The maximum atomic E-state index is 12.0. The van der Waals surface area contributed by atoms with E-state index in [-0.39, 0.29) is 17.2 Å². The van der Waals surface area contributed by atoms with Gasteiger partial charge in [0.1, 0.15) is 5.76 Å². The standard InChI is InChI=1S/C11H21N3O3S/c1-11(2,14(3)4)8-13-18(15,16)10-6-5-9(7-12)17-10/h5-6,13H,7-8,12H2,1-4H3. The van der Waals surface area contributed by atoms with E-state index in [9.17, 15) is 8.42 Å². The fraction of sp³-hybridized carbons (Fsp3) is 0.636. The number of rotatable bonds is 6. The Bertz CT molecular complexity index is 491. The van der Waals surface area contributed by atoms with Crippen LogP contribution < -0.4 is 10.5 Å².